The number of benzene rings is 2. The number of carboxylic acids is 1. The molecule has 2 rings (SSSR count). The molecule has 108 valence electrons. The SMILES string of the molecule is COc1cc(OC)cc(/C(=C\c2ccccc2)C(=O)O)c1. The lowest BCUT2D eigenvalue weighted by Crippen LogP contribution is -2.01. The summed E-state index contributed by atoms with van der Waals surface area (Å²) in [5.41, 5.74) is 1.53. The van der Waals surface area contributed by atoms with E-state index in [-0.39, 0.29) is 5.57 Å². The molecule has 4 nitrogen and oxygen atoms in total. The van der Waals surface area contributed by atoms with Crippen LogP contribution >= 0.6 is 0 Å². The predicted molar refractivity (Wildman–Crippen MR) is 81.5 cm³/mol. The number of carbonyl (C=O) groups is 1. The molecule has 1 N–H and O–H groups in total. The van der Waals surface area contributed by atoms with Crippen molar-refractivity contribution in [2.75, 3.05) is 14.2 Å². The van der Waals surface area contributed by atoms with Crippen LogP contribution in [0.3, 0.4) is 0 Å². The van der Waals surface area contributed by atoms with Gasteiger partial charge in [-0.2, -0.15) is 0 Å². The second-order valence-corrected chi connectivity index (χ2v) is 4.38. The Balaban J connectivity index is 2.53. The summed E-state index contributed by atoms with van der Waals surface area (Å²) in [7, 11) is 3.06. The fourth-order valence-electron chi connectivity index (χ4n) is 1.95. The van der Waals surface area contributed by atoms with Gasteiger partial charge < -0.3 is 14.6 Å². The molecule has 0 aliphatic carbocycles. The fraction of sp³-hybridized carbons (Fsp3) is 0.118. The van der Waals surface area contributed by atoms with Gasteiger partial charge in [-0.25, -0.2) is 4.79 Å². The Hall–Kier alpha value is -2.75. The summed E-state index contributed by atoms with van der Waals surface area (Å²) in [6, 6.07) is 14.3. The minimum absolute atomic E-state index is 0.179. The molecule has 21 heavy (non-hydrogen) atoms. The Kier molecular flexibility index (Phi) is 4.61. The first kappa shape index (κ1) is 14.7. The van der Waals surface area contributed by atoms with Gasteiger partial charge in [0.15, 0.2) is 0 Å². The van der Waals surface area contributed by atoms with Gasteiger partial charge in [0.2, 0.25) is 0 Å². The topological polar surface area (TPSA) is 55.8 Å². The average molecular weight is 284 g/mol. The molecule has 0 saturated heterocycles. The van der Waals surface area contributed by atoms with Crippen molar-refractivity contribution in [1.82, 2.24) is 0 Å². The zero-order valence-corrected chi connectivity index (χ0v) is 11.9. The van der Waals surface area contributed by atoms with Crippen LogP contribution in [0.5, 0.6) is 11.5 Å². The van der Waals surface area contributed by atoms with E-state index in [0.29, 0.717) is 17.1 Å². The molecule has 0 atom stereocenters. The van der Waals surface area contributed by atoms with Crippen molar-refractivity contribution in [2.24, 2.45) is 0 Å². The van der Waals surface area contributed by atoms with Crippen LogP contribution in [0.25, 0.3) is 11.6 Å². The van der Waals surface area contributed by atoms with Crippen molar-refractivity contribution >= 4 is 17.6 Å². The minimum Gasteiger partial charge on any atom is -0.497 e. The minimum atomic E-state index is -1.01. The van der Waals surface area contributed by atoms with Gasteiger partial charge in [0.05, 0.1) is 19.8 Å². The molecular weight excluding hydrogens is 268 g/mol. The smallest absolute Gasteiger partial charge is 0.336 e. The van der Waals surface area contributed by atoms with E-state index in [1.807, 2.05) is 30.3 Å². The van der Waals surface area contributed by atoms with Gasteiger partial charge >= 0.3 is 5.97 Å². The molecule has 0 radical (unpaired) electrons. The second-order valence-electron chi connectivity index (χ2n) is 4.38. The predicted octanol–water partition coefficient (Wildman–Crippen LogP) is 3.33. The number of rotatable bonds is 5. The zero-order chi connectivity index (χ0) is 15.2. The maximum atomic E-state index is 11.6. The molecule has 0 aliphatic heterocycles. The van der Waals surface area contributed by atoms with Gasteiger partial charge in [-0.1, -0.05) is 30.3 Å². The Bertz CT molecular complexity index is 637. The largest absolute Gasteiger partial charge is 0.497 e. The number of carboxylic acid groups (broad SMARTS) is 1. The molecule has 0 spiro atoms. The summed E-state index contributed by atoms with van der Waals surface area (Å²) in [5, 5.41) is 9.47. The summed E-state index contributed by atoms with van der Waals surface area (Å²) in [6.07, 6.45) is 1.62. The van der Waals surface area contributed by atoms with Crippen molar-refractivity contribution in [3.05, 3.63) is 59.7 Å². The van der Waals surface area contributed by atoms with E-state index in [1.165, 1.54) is 14.2 Å². The molecule has 0 bridgehead atoms. The Labute approximate surface area is 123 Å². The van der Waals surface area contributed by atoms with Crippen molar-refractivity contribution in [3.8, 4) is 11.5 Å². The van der Waals surface area contributed by atoms with Crippen LogP contribution in [0.2, 0.25) is 0 Å². The van der Waals surface area contributed by atoms with Crippen molar-refractivity contribution in [2.45, 2.75) is 0 Å². The number of aliphatic carboxylic acids is 1. The summed E-state index contributed by atoms with van der Waals surface area (Å²) in [6.45, 7) is 0. The summed E-state index contributed by atoms with van der Waals surface area (Å²) in [5.74, 6) is 0.0864. The van der Waals surface area contributed by atoms with Crippen molar-refractivity contribution in [1.29, 1.82) is 0 Å². The standard InChI is InChI=1S/C17H16O4/c1-20-14-9-13(10-15(11-14)21-2)16(17(18)19)8-12-6-4-3-5-7-12/h3-11H,1-2H3,(H,18,19)/b16-8+. The first-order chi connectivity index (χ1) is 10.1. The summed E-state index contributed by atoms with van der Waals surface area (Å²) >= 11 is 0. The molecule has 4 heteroatoms. The molecule has 0 amide bonds. The van der Waals surface area contributed by atoms with Gasteiger partial charge in [-0.05, 0) is 29.3 Å². The lowest BCUT2D eigenvalue weighted by Gasteiger charge is -2.09. The van der Waals surface area contributed by atoms with Gasteiger partial charge in [-0.15, -0.1) is 0 Å². The lowest BCUT2D eigenvalue weighted by molar-refractivity contribution is -0.130. The van der Waals surface area contributed by atoms with Gasteiger partial charge in [-0.3, -0.25) is 0 Å². The number of ether oxygens (including phenoxy) is 2. The van der Waals surface area contributed by atoms with E-state index < -0.39 is 5.97 Å². The Morgan fingerprint density at radius 3 is 2.05 bits per heavy atom. The Morgan fingerprint density at radius 1 is 1.00 bits per heavy atom. The third-order valence-electron chi connectivity index (χ3n) is 3.00. The van der Waals surface area contributed by atoms with Crippen LogP contribution < -0.4 is 9.47 Å². The van der Waals surface area contributed by atoms with E-state index in [0.717, 1.165) is 5.56 Å². The summed E-state index contributed by atoms with van der Waals surface area (Å²) in [4.78, 5) is 11.6. The molecule has 0 fully saturated rings. The third kappa shape index (κ3) is 3.63. The second kappa shape index (κ2) is 6.61. The van der Waals surface area contributed by atoms with E-state index in [2.05, 4.69) is 0 Å². The van der Waals surface area contributed by atoms with Crippen molar-refractivity contribution < 1.29 is 19.4 Å². The van der Waals surface area contributed by atoms with E-state index in [4.69, 9.17) is 9.47 Å². The van der Waals surface area contributed by atoms with Gasteiger partial charge in [0, 0.05) is 6.07 Å². The van der Waals surface area contributed by atoms with Gasteiger partial charge in [0.25, 0.3) is 0 Å². The molecular formula is C17H16O4. The van der Waals surface area contributed by atoms with Crippen LogP contribution in [-0.4, -0.2) is 25.3 Å². The number of methoxy groups -OCH3 is 2. The van der Waals surface area contributed by atoms with Crippen molar-refractivity contribution in [3.63, 3.8) is 0 Å². The highest BCUT2D eigenvalue weighted by atomic mass is 16.5. The maximum absolute atomic E-state index is 11.6. The van der Waals surface area contributed by atoms with E-state index >= 15 is 0 Å². The molecule has 0 heterocycles. The Morgan fingerprint density at radius 2 is 1.57 bits per heavy atom. The monoisotopic (exact) mass is 284 g/mol. The normalized spacial score (nSPS) is 11.0. The van der Waals surface area contributed by atoms with E-state index in [1.54, 1.807) is 24.3 Å². The molecule has 2 aromatic carbocycles. The highest BCUT2D eigenvalue weighted by Crippen LogP contribution is 2.28. The summed E-state index contributed by atoms with van der Waals surface area (Å²) < 4.78 is 10.4. The maximum Gasteiger partial charge on any atom is 0.336 e. The lowest BCUT2D eigenvalue weighted by atomic mass is 10.0. The molecule has 0 saturated carbocycles. The van der Waals surface area contributed by atoms with Crippen LogP contribution in [0.1, 0.15) is 11.1 Å². The number of hydrogen-bond acceptors (Lipinski definition) is 3. The first-order valence-corrected chi connectivity index (χ1v) is 6.37. The first-order valence-electron chi connectivity index (χ1n) is 6.37. The van der Waals surface area contributed by atoms with Gasteiger partial charge in [0.1, 0.15) is 11.5 Å². The number of hydrogen-bond donors (Lipinski definition) is 1. The molecule has 2 aromatic rings. The molecule has 0 aliphatic rings. The molecule has 0 aromatic heterocycles. The molecule has 0 unspecified atom stereocenters. The average Bonchev–Trinajstić information content (AvgIpc) is 2.52. The highest BCUT2D eigenvalue weighted by molar-refractivity contribution is 6.20. The third-order valence-corrected chi connectivity index (χ3v) is 3.00. The highest BCUT2D eigenvalue weighted by Gasteiger charge is 2.13. The van der Waals surface area contributed by atoms with Crippen LogP contribution in [0.15, 0.2) is 48.5 Å². The zero-order valence-electron chi connectivity index (χ0n) is 11.9. The fourth-order valence-corrected chi connectivity index (χ4v) is 1.95. The van der Waals surface area contributed by atoms with Crippen LogP contribution in [-0.2, 0) is 4.79 Å². The van der Waals surface area contributed by atoms with Crippen LogP contribution in [0.4, 0.5) is 0 Å². The van der Waals surface area contributed by atoms with E-state index in [9.17, 15) is 9.90 Å². The van der Waals surface area contributed by atoms with Crippen LogP contribution in [0, 0.1) is 0 Å². The quantitative estimate of drug-likeness (QED) is 0.676.